The third-order valence-corrected chi connectivity index (χ3v) is 5.17. The van der Waals surface area contributed by atoms with Gasteiger partial charge in [0.2, 0.25) is 5.82 Å². The van der Waals surface area contributed by atoms with Gasteiger partial charge in [0.25, 0.3) is 5.91 Å². The number of hydrogen-bond donors (Lipinski definition) is 1. The van der Waals surface area contributed by atoms with E-state index in [2.05, 4.69) is 37.1 Å². The molecule has 4 aromatic rings. The molecule has 2 aromatic heterocycles. The molecule has 1 aliphatic rings. The van der Waals surface area contributed by atoms with E-state index in [4.69, 9.17) is 0 Å². The number of hydrogen-bond acceptors (Lipinski definition) is 4. The molecule has 0 fully saturated rings. The summed E-state index contributed by atoms with van der Waals surface area (Å²) in [6.45, 7) is 0.574. The molecule has 3 heterocycles. The van der Waals surface area contributed by atoms with Gasteiger partial charge in [-0.05, 0) is 30.0 Å². The Bertz CT molecular complexity index is 1150. The Morgan fingerprint density at radius 1 is 1.07 bits per heavy atom. The summed E-state index contributed by atoms with van der Waals surface area (Å²) >= 11 is 0. The molecule has 0 bridgehead atoms. The topological polar surface area (TPSA) is 77.6 Å². The van der Waals surface area contributed by atoms with Crippen LogP contribution < -0.4 is 5.32 Å². The molecule has 5 rings (SSSR count). The molecule has 1 atom stereocenters. The summed E-state index contributed by atoms with van der Waals surface area (Å²) in [5, 5.41) is 7.41. The largest absolute Gasteiger partial charge is 0.339 e. The standard InChI is InChI=1S/C22H20N6O/c29-22(20-24-15-27(26-20)14-16-6-2-1-3-7-16)25-18-11-10-17-8-4-5-9-19(17)28-13-12-23-21(18)28/h1-9,12-13,15,18H,10-11,14H2,(H,25,29). The van der Waals surface area contributed by atoms with Gasteiger partial charge >= 0.3 is 0 Å². The van der Waals surface area contributed by atoms with Gasteiger partial charge in [0, 0.05) is 18.1 Å². The second-order valence-corrected chi connectivity index (χ2v) is 7.10. The fraction of sp³-hybridized carbons (Fsp3) is 0.182. The van der Waals surface area contributed by atoms with Crippen LogP contribution in [0.15, 0.2) is 73.3 Å². The number of imidazole rings is 1. The molecule has 1 aliphatic heterocycles. The molecule has 1 N–H and O–H groups in total. The van der Waals surface area contributed by atoms with Crippen LogP contribution in [0.5, 0.6) is 0 Å². The van der Waals surface area contributed by atoms with Crippen molar-refractivity contribution in [1.82, 2.24) is 29.6 Å². The van der Waals surface area contributed by atoms with Gasteiger partial charge in [-0.2, -0.15) is 0 Å². The van der Waals surface area contributed by atoms with Gasteiger partial charge in [0.05, 0.1) is 12.6 Å². The van der Waals surface area contributed by atoms with Gasteiger partial charge in [-0.25, -0.2) is 14.6 Å². The van der Waals surface area contributed by atoms with E-state index in [1.54, 1.807) is 17.2 Å². The highest BCUT2D eigenvalue weighted by molar-refractivity contribution is 5.90. The summed E-state index contributed by atoms with van der Waals surface area (Å²) in [6, 6.07) is 18.0. The minimum absolute atomic E-state index is 0.167. The number of para-hydroxylation sites is 1. The number of nitrogens with zero attached hydrogens (tertiary/aromatic N) is 5. The highest BCUT2D eigenvalue weighted by Gasteiger charge is 2.26. The average Bonchev–Trinajstić information content (AvgIpc) is 3.39. The first-order valence-electron chi connectivity index (χ1n) is 9.64. The molecule has 1 amide bonds. The fourth-order valence-corrected chi connectivity index (χ4v) is 3.77. The number of carbonyl (C=O) groups is 1. The van der Waals surface area contributed by atoms with E-state index in [0.717, 1.165) is 29.9 Å². The Kier molecular flexibility index (Phi) is 4.40. The normalized spacial score (nSPS) is 15.2. The predicted octanol–water partition coefficient (Wildman–Crippen LogP) is 2.93. The minimum Gasteiger partial charge on any atom is -0.339 e. The van der Waals surface area contributed by atoms with Gasteiger partial charge in [-0.3, -0.25) is 4.79 Å². The summed E-state index contributed by atoms with van der Waals surface area (Å²) in [7, 11) is 0. The number of amides is 1. The van der Waals surface area contributed by atoms with E-state index in [0.29, 0.717) is 6.54 Å². The SMILES string of the molecule is O=C(NC1CCc2ccccc2-n2ccnc21)c1ncn(Cc2ccccc2)n1. The molecule has 1 unspecified atom stereocenters. The molecule has 0 aliphatic carbocycles. The van der Waals surface area contributed by atoms with Crippen LogP contribution in [0.2, 0.25) is 0 Å². The maximum absolute atomic E-state index is 12.8. The Morgan fingerprint density at radius 3 is 2.79 bits per heavy atom. The van der Waals surface area contributed by atoms with Crippen molar-refractivity contribution in [2.75, 3.05) is 0 Å². The Labute approximate surface area is 168 Å². The van der Waals surface area contributed by atoms with Crippen molar-refractivity contribution in [2.45, 2.75) is 25.4 Å². The van der Waals surface area contributed by atoms with Gasteiger partial charge in [0.1, 0.15) is 12.2 Å². The third kappa shape index (κ3) is 3.42. The van der Waals surface area contributed by atoms with Gasteiger partial charge < -0.3 is 9.88 Å². The second-order valence-electron chi connectivity index (χ2n) is 7.10. The van der Waals surface area contributed by atoms with E-state index in [-0.39, 0.29) is 17.8 Å². The molecule has 2 aromatic carbocycles. The first-order chi connectivity index (χ1) is 14.3. The summed E-state index contributed by atoms with van der Waals surface area (Å²) < 4.78 is 3.73. The highest BCUT2D eigenvalue weighted by Crippen LogP contribution is 2.28. The van der Waals surface area contributed by atoms with Crippen LogP contribution in [0, 0.1) is 0 Å². The van der Waals surface area contributed by atoms with Crippen molar-refractivity contribution in [1.29, 1.82) is 0 Å². The number of carbonyl (C=O) groups excluding carboxylic acids is 1. The number of benzene rings is 2. The van der Waals surface area contributed by atoms with Crippen molar-refractivity contribution < 1.29 is 4.79 Å². The van der Waals surface area contributed by atoms with Crippen LogP contribution in [0.1, 0.15) is 40.0 Å². The van der Waals surface area contributed by atoms with Gasteiger partial charge in [-0.15, -0.1) is 5.10 Å². The minimum atomic E-state index is -0.290. The highest BCUT2D eigenvalue weighted by atomic mass is 16.2. The van der Waals surface area contributed by atoms with Crippen LogP contribution in [-0.4, -0.2) is 30.2 Å². The monoisotopic (exact) mass is 384 g/mol. The van der Waals surface area contributed by atoms with Crippen LogP contribution >= 0.6 is 0 Å². The fourth-order valence-electron chi connectivity index (χ4n) is 3.77. The third-order valence-electron chi connectivity index (χ3n) is 5.17. The zero-order chi connectivity index (χ0) is 19.6. The molecular weight excluding hydrogens is 364 g/mol. The van der Waals surface area contributed by atoms with E-state index < -0.39 is 0 Å². The van der Waals surface area contributed by atoms with Crippen molar-refractivity contribution >= 4 is 5.91 Å². The lowest BCUT2D eigenvalue weighted by atomic mass is 10.1. The number of rotatable bonds is 4. The summed E-state index contributed by atoms with van der Waals surface area (Å²) in [5.41, 5.74) is 3.46. The molecule has 29 heavy (non-hydrogen) atoms. The number of nitrogens with one attached hydrogen (secondary N) is 1. The lowest BCUT2D eigenvalue weighted by molar-refractivity contribution is 0.0922. The Morgan fingerprint density at radius 2 is 1.90 bits per heavy atom. The van der Waals surface area contributed by atoms with Crippen molar-refractivity contribution in [3.63, 3.8) is 0 Å². The summed E-state index contributed by atoms with van der Waals surface area (Å²) in [5.74, 6) is 0.704. The molecule has 0 radical (unpaired) electrons. The van der Waals surface area contributed by atoms with Crippen LogP contribution in [0.4, 0.5) is 0 Å². The lowest BCUT2D eigenvalue weighted by Crippen LogP contribution is -2.31. The van der Waals surface area contributed by atoms with E-state index in [1.807, 2.05) is 48.7 Å². The van der Waals surface area contributed by atoms with Gasteiger partial charge in [0.15, 0.2) is 0 Å². The molecule has 144 valence electrons. The first kappa shape index (κ1) is 17.4. The smallest absolute Gasteiger partial charge is 0.291 e. The molecule has 7 nitrogen and oxygen atoms in total. The predicted molar refractivity (Wildman–Crippen MR) is 108 cm³/mol. The number of aromatic nitrogens is 5. The Hall–Kier alpha value is -3.74. The Balaban J connectivity index is 1.34. The van der Waals surface area contributed by atoms with E-state index in [1.165, 1.54) is 5.56 Å². The second kappa shape index (κ2) is 7.35. The maximum Gasteiger partial charge on any atom is 0.291 e. The van der Waals surface area contributed by atoms with Crippen molar-refractivity contribution in [3.8, 4) is 5.69 Å². The van der Waals surface area contributed by atoms with Crippen LogP contribution in [0.25, 0.3) is 5.69 Å². The van der Waals surface area contributed by atoms with E-state index in [9.17, 15) is 4.79 Å². The van der Waals surface area contributed by atoms with Crippen LogP contribution in [-0.2, 0) is 13.0 Å². The molecule has 7 heteroatoms. The maximum atomic E-state index is 12.8. The number of fused-ring (bicyclic) bond motifs is 3. The molecule has 0 spiro atoms. The van der Waals surface area contributed by atoms with Crippen LogP contribution in [0.3, 0.4) is 0 Å². The summed E-state index contributed by atoms with van der Waals surface area (Å²) in [4.78, 5) is 21.5. The zero-order valence-corrected chi connectivity index (χ0v) is 15.8. The molecule has 0 saturated carbocycles. The summed E-state index contributed by atoms with van der Waals surface area (Å²) in [6.07, 6.45) is 6.92. The average molecular weight is 384 g/mol. The zero-order valence-electron chi connectivity index (χ0n) is 15.8. The molecule has 0 saturated heterocycles. The van der Waals surface area contributed by atoms with E-state index >= 15 is 0 Å². The van der Waals surface area contributed by atoms with Crippen molar-refractivity contribution in [3.05, 3.63) is 96.1 Å². The lowest BCUT2D eigenvalue weighted by Gasteiger charge is -2.15. The van der Waals surface area contributed by atoms with Crippen molar-refractivity contribution in [2.24, 2.45) is 0 Å². The number of aryl methyl sites for hydroxylation is 1. The first-order valence-corrected chi connectivity index (χ1v) is 9.64. The quantitative estimate of drug-likeness (QED) is 0.587. The molecular formula is C22H20N6O. The van der Waals surface area contributed by atoms with Gasteiger partial charge in [-0.1, -0.05) is 48.5 Å².